The predicted octanol–water partition coefficient (Wildman–Crippen LogP) is 3.07. The van der Waals surface area contributed by atoms with Crippen LogP contribution in [0.3, 0.4) is 0 Å². The molecular formula is C18H20N4O. The lowest BCUT2D eigenvalue weighted by Crippen LogP contribution is -2.12. The highest BCUT2D eigenvalue weighted by Crippen LogP contribution is 2.20. The smallest absolute Gasteiger partial charge is 0.138 e. The van der Waals surface area contributed by atoms with Gasteiger partial charge in [-0.15, -0.1) is 0 Å². The Morgan fingerprint density at radius 2 is 2.00 bits per heavy atom. The first-order valence-electron chi connectivity index (χ1n) is 7.56. The van der Waals surface area contributed by atoms with Crippen LogP contribution >= 0.6 is 0 Å². The molecule has 0 saturated heterocycles. The van der Waals surface area contributed by atoms with Crippen LogP contribution in [0.4, 0.5) is 5.82 Å². The minimum Gasteiger partial charge on any atom is -0.487 e. The Labute approximate surface area is 135 Å². The third-order valence-electron chi connectivity index (χ3n) is 3.85. The number of pyridine rings is 2. The van der Waals surface area contributed by atoms with Crippen molar-refractivity contribution in [3.63, 3.8) is 0 Å². The van der Waals surface area contributed by atoms with Gasteiger partial charge in [0.1, 0.15) is 18.2 Å². The molecule has 5 nitrogen and oxygen atoms in total. The third-order valence-corrected chi connectivity index (χ3v) is 3.85. The van der Waals surface area contributed by atoms with E-state index in [0.717, 1.165) is 27.8 Å². The van der Waals surface area contributed by atoms with E-state index in [2.05, 4.69) is 22.2 Å². The van der Waals surface area contributed by atoms with Gasteiger partial charge in [0.15, 0.2) is 0 Å². The molecule has 0 fully saturated rings. The number of aromatic nitrogens is 2. The van der Waals surface area contributed by atoms with Crippen LogP contribution in [0.5, 0.6) is 5.75 Å². The van der Waals surface area contributed by atoms with Gasteiger partial charge in [-0.05, 0) is 49.4 Å². The standard InChI is InChI=1S/C18H20N4O/c1-12(20-2)15-8-16(10-21-9-15)23-11-13-3-4-14-5-6-18(19)22-17(14)7-13/h3-10,12,20H,11H2,1-2H3,(H2,19,22). The maximum absolute atomic E-state index is 5.86. The first kappa shape index (κ1) is 15.2. The van der Waals surface area contributed by atoms with Crippen LogP contribution in [0.15, 0.2) is 48.8 Å². The highest BCUT2D eigenvalue weighted by molar-refractivity contribution is 5.80. The van der Waals surface area contributed by atoms with E-state index in [9.17, 15) is 0 Å². The molecule has 0 aliphatic carbocycles. The van der Waals surface area contributed by atoms with Crippen LogP contribution in [0.2, 0.25) is 0 Å². The topological polar surface area (TPSA) is 73.1 Å². The van der Waals surface area contributed by atoms with Gasteiger partial charge in [0.05, 0.1) is 11.7 Å². The van der Waals surface area contributed by atoms with E-state index in [0.29, 0.717) is 12.4 Å². The molecule has 0 radical (unpaired) electrons. The number of nitrogens with one attached hydrogen (secondary N) is 1. The lowest BCUT2D eigenvalue weighted by molar-refractivity contribution is 0.304. The number of ether oxygens (including phenoxy) is 1. The Morgan fingerprint density at radius 3 is 2.83 bits per heavy atom. The molecular weight excluding hydrogens is 288 g/mol. The highest BCUT2D eigenvalue weighted by atomic mass is 16.5. The fraction of sp³-hybridized carbons (Fsp3) is 0.222. The number of rotatable bonds is 5. The van der Waals surface area contributed by atoms with Crippen molar-refractivity contribution >= 4 is 16.7 Å². The zero-order valence-electron chi connectivity index (χ0n) is 13.3. The zero-order valence-corrected chi connectivity index (χ0v) is 13.3. The van der Waals surface area contributed by atoms with Crippen molar-refractivity contribution < 1.29 is 4.74 Å². The molecule has 23 heavy (non-hydrogen) atoms. The lowest BCUT2D eigenvalue weighted by Gasteiger charge is -2.12. The molecule has 1 unspecified atom stereocenters. The summed E-state index contributed by atoms with van der Waals surface area (Å²) in [5.41, 5.74) is 8.76. The molecule has 0 bridgehead atoms. The molecule has 2 heterocycles. The molecule has 1 atom stereocenters. The molecule has 3 rings (SSSR count). The van der Waals surface area contributed by atoms with Crippen molar-refractivity contribution in [2.45, 2.75) is 19.6 Å². The van der Waals surface area contributed by atoms with Crippen LogP contribution in [-0.4, -0.2) is 17.0 Å². The minimum atomic E-state index is 0.235. The number of nitrogens with zero attached hydrogens (tertiary/aromatic N) is 2. The highest BCUT2D eigenvalue weighted by Gasteiger charge is 2.05. The van der Waals surface area contributed by atoms with Gasteiger partial charge in [-0.3, -0.25) is 4.98 Å². The second-order valence-corrected chi connectivity index (χ2v) is 5.52. The van der Waals surface area contributed by atoms with Crippen LogP contribution in [-0.2, 0) is 6.61 Å². The van der Waals surface area contributed by atoms with Crippen LogP contribution < -0.4 is 15.8 Å². The van der Waals surface area contributed by atoms with Crippen molar-refractivity contribution in [2.75, 3.05) is 12.8 Å². The molecule has 118 valence electrons. The second kappa shape index (κ2) is 6.62. The number of hydrogen-bond donors (Lipinski definition) is 2. The first-order valence-corrected chi connectivity index (χ1v) is 7.56. The minimum absolute atomic E-state index is 0.235. The molecule has 2 aromatic heterocycles. The normalized spacial score (nSPS) is 12.3. The van der Waals surface area contributed by atoms with Gasteiger partial charge in [0.2, 0.25) is 0 Å². The summed E-state index contributed by atoms with van der Waals surface area (Å²) in [4.78, 5) is 8.57. The van der Waals surface area contributed by atoms with Gasteiger partial charge in [0, 0.05) is 17.6 Å². The van der Waals surface area contributed by atoms with E-state index in [-0.39, 0.29) is 6.04 Å². The molecule has 1 aromatic carbocycles. The molecule has 3 aromatic rings. The predicted molar refractivity (Wildman–Crippen MR) is 92.2 cm³/mol. The van der Waals surface area contributed by atoms with Crippen LogP contribution in [0.25, 0.3) is 10.9 Å². The summed E-state index contributed by atoms with van der Waals surface area (Å²) >= 11 is 0. The van der Waals surface area contributed by atoms with Crippen molar-refractivity contribution in [1.29, 1.82) is 0 Å². The number of anilines is 1. The first-order chi connectivity index (χ1) is 11.2. The summed E-state index contributed by atoms with van der Waals surface area (Å²) in [5.74, 6) is 1.28. The van der Waals surface area contributed by atoms with Gasteiger partial charge >= 0.3 is 0 Å². The molecule has 0 spiro atoms. The summed E-state index contributed by atoms with van der Waals surface area (Å²) < 4.78 is 5.86. The monoisotopic (exact) mass is 308 g/mol. The molecule has 5 heteroatoms. The van der Waals surface area contributed by atoms with Crippen molar-refractivity contribution in [1.82, 2.24) is 15.3 Å². The Morgan fingerprint density at radius 1 is 1.17 bits per heavy atom. The fourth-order valence-electron chi connectivity index (χ4n) is 2.35. The quantitative estimate of drug-likeness (QED) is 0.758. The van der Waals surface area contributed by atoms with Crippen LogP contribution in [0.1, 0.15) is 24.1 Å². The fourth-order valence-corrected chi connectivity index (χ4v) is 2.35. The third kappa shape index (κ3) is 3.57. The largest absolute Gasteiger partial charge is 0.487 e. The molecule has 0 saturated carbocycles. The summed E-state index contributed by atoms with van der Waals surface area (Å²) in [6, 6.07) is 12.1. The van der Waals surface area contributed by atoms with E-state index >= 15 is 0 Å². The average Bonchev–Trinajstić information content (AvgIpc) is 2.59. The van der Waals surface area contributed by atoms with Gasteiger partial charge in [-0.2, -0.15) is 0 Å². The Hall–Kier alpha value is -2.66. The molecule has 0 aliphatic heterocycles. The van der Waals surface area contributed by atoms with Gasteiger partial charge < -0.3 is 15.8 Å². The number of fused-ring (bicyclic) bond motifs is 1. The van der Waals surface area contributed by atoms with E-state index in [4.69, 9.17) is 10.5 Å². The average molecular weight is 308 g/mol. The molecule has 3 N–H and O–H groups in total. The van der Waals surface area contributed by atoms with Crippen molar-refractivity contribution in [3.8, 4) is 5.75 Å². The summed E-state index contributed by atoms with van der Waals surface area (Å²) in [6.45, 7) is 2.55. The molecule has 0 aliphatic rings. The maximum Gasteiger partial charge on any atom is 0.138 e. The van der Waals surface area contributed by atoms with E-state index in [1.807, 2.05) is 43.6 Å². The summed E-state index contributed by atoms with van der Waals surface area (Å²) in [7, 11) is 1.92. The van der Waals surface area contributed by atoms with Crippen molar-refractivity contribution in [3.05, 3.63) is 59.9 Å². The molecule has 0 amide bonds. The van der Waals surface area contributed by atoms with Crippen LogP contribution in [0, 0.1) is 0 Å². The summed E-state index contributed by atoms with van der Waals surface area (Å²) in [5, 5.41) is 4.26. The Bertz CT molecular complexity index is 819. The zero-order chi connectivity index (χ0) is 16.2. The lowest BCUT2D eigenvalue weighted by atomic mass is 10.1. The SMILES string of the molecule is CNC(C)c1cncc(OCc2ccc3ccc(N)nc3c2)c1. The second-order valence-electron chi connectivity index (χ2n) is 5.52. The number of nitrogens with two attached hydrogens (primary N) is 1. The Balaban J connectivity index is 1.75. The van der Waals surface area contributed by atoms with Crippen molar-refractivity contribution in [2.24, 2.45) is 0 Å². The van der Waals surface area contributed by atoms with E-state index in [1.165, 1.54) is 0 Å². The van der Waals surface area contributed by atoms with Gasteiger partial charge in [-0.1, -0.05) is 12.1 Å². The number of benzene rings is 1. The van der Waals surface area contributed by atoms with E-state index in [1.54, 1.807) is 12.3 Å². The number of nitrogen functional groups attached to an aromatic ring is 1. The summed E-state index contributed by atoms with van der Waals surface area (Å²) in [6.07, 6.45) is 3.57. The number of hydrogen-bond acceptors (Lipinski definition) is 5. The van der Waals surface area contributed by atoms with Gasteiger partial charge in [0.25, 0.3) is 0 Å². The van der Waals surface area contributed by atoms with E-state index < -0.39 is 0 Å². The Kier molecular flexibility index (Phi) is 4.39. The van der Waals surface area contributed by atoms with Gasteiger partial charge in [-0.25, -0.2) is 4.98 Å². The maximum atomic E-state index is 5.86.